The van der Waals surface area contributed by atoms with Crippen molar-refractivity contribution >= 4 is 23.2 Å². The third-order valence-corrected chi connectivity index (χ3v) is 5.45. The van der Waals surface area contributed by atoms with Crippen LogP contribution in [0.25, 0.3) is 22.7 Å². The van der Waals surface area contributed by atoms with Crippen molar-refractivity contribution < 1.29 is 0 Å². The van der Waals surface area contributed by atoms with Gasteiger partial charge in [-0.25, -0.2) is 14.5 Å². The molecule has 0 saturated carbocycles. The van der Waals surface area contributed by atoms with Crippen LogP contribution in [0.3, 0.4) is 0 Å². The molecule has 30 heavy (non-hydrogen) atoms. The summed E-state index contributed by atoms with van der Waals surface area (Å²) in [5, 5.41) is 8.85. The number of hydrogen-bond acceptors (Lipinski definition) is 6. The molecule has 1 saturated heterocycles. The van der Waals surface area contributed by atoms with Crippen LogP contribution < -0.4 is 9.80 Å². The number of piperazine rings is 1. The molecule has 0 N–H and O–H groups in total. The van der Waals surface area contributed by atoms with E-state index in [9.17, 15) is 0 Å². The summed E-state index contributed by atoms with van der Waals surface area (Å²) in [6.07, 6.45) is 15.7. The van der Waals surface area contributed by atoms with E-state index in [0.717, 1.165) is 60.0 Å². The Balaban J connectivity index is 1.31. The minimum Gasteiger partial charge on any atom is -0.365 e. The Morgan fingerprint density at radius 1 is 0.833 bits per heavy atom. The predicted molar refractivity (Wildman–Crippen MR) is 119 cm³/mol. The highest BCUT2D eigenvalue weighted by atomic mass is 15.3. The lowest BCUT2D eigenvalue weighted by Gasteiger charge is -2.35. The van der Waals surface area contributed by atoms with Gasteiger partial charge in [0, 0.05) is 74.7 Å². The van der Waals surface area contributed by atoms with Crippen LogP contribution in [0.2, 0.25) is 0 Å². The van der Waals surface area contributed by atoms with Crippen molar-refractivity contribution in [3.8, 4) is 11.1 Å². The highest BCUT2D eigenvalue weighted by molar-refractivity contribution is 5.75. The van der Waals surface area contributed by atoms with Crippen molar-refractivity contribution in [2.45, 2.75) is 6.92 Å². The number of rotatable bonds is 4. The third-order valence-electron chi connectivity index (χ3n) is 5.45. The molecule has 0 aromatic carbocycles. The molecule has 5 heterocycles. The van der Waals surface area contributed by atoms with E-state index in [1.54, 1.807) is 0 Å². The van der Waals surface area contributed by atoms with Gasteiger partial charge in [-0.15, -0.1) is 0 Å². The zero-order valence-corrected chi connectivity index (χ0v) is 17.2. The number of aryl methyl sites for hydroxylation is 1. The van der Waals surface area contributed by atoms with Crippen LogP contribution in [0, 0.1) is 0 Å². The lowest BCUT2D eigenvalue weighted by Crippen LogP contribution is -2.47. The SMILES string of the molecule is CC=Cc1cnc(N2CCN(c3cnn4cc(-c5cnn(C)c5)ccc34)CC2)nc1. The minimum atomic E-state index is 0.795. The quantitative estimate of drug-likeness (QED) is 0.525. The minimum absolute atomic E-state index is 0.795. The molecule has 5 rings (SSSR count). The van der Waals surface area contributed by atoms with Crippen LogP contribution in [0.5, 0.6) is 0 Å². The predicted octanol–water partition coefficient (Wildman–Crippen LogP) is 2.88. The summed E-state index contributed by atoms with van der Waals surface area (Å²) in [7, 11) is 1.93. The van der Waals surface area contributed by atoms with Crippen LogP contribution in [-0.2, 0) is 7.05 Å². The molecule has 0 radical (unpaired) electrons. The summed E-state index contributed by atoms with van der Waals surface area (Å²) >= 11 is 0. The molecule has 0 unspecified atom stereocenters. The summed E-state index contributed by atoms with van der Waals surface area (Å²) in [6, 6.07) is 4.27. The van der Waals surface area contributed by atoms with Crippen molar-refractivity contribution in [3.63, 3.8) is 0 Å². The lowest BCUT2D eigenvalue weighted by molar-refractivity contribution is 0.641. The number of allylic oxidation sites excluding steroid dienone is 1. The Labute approximate surface area is 175 Å². The van der Waals surface area contributed by atoms with Crippen molar-refractivity contribution in [3.05, 3.63) is 61.0 Å². The monoisotopic (exact) mass is 400 g/mol. The largest absolute Gasteiger partial charge is 0.365 e. The number of hydrogen-bond donors (Lipinski definition) is 0. The molecule has 152 valence electrons. The third kappa shape index (κ3) is 3.41. The first-order chi connectivity index (χ1) is 14.7. The summed E-state index contributed by atoms with van der Waals surface area (Å²) in [6.45, 7) is 5.58. The molecule has 1 fully saturated rings. The molecule has 4 aromatic rings. The molecule has 8 nitrogen and oxygen atoms in total. The van der Waals surface area contributed by atoms with Crippen molar-refractivity contribution in [1.82, 2.24) is 29.4 Å². The molecule has 0 aliphatic carbocycles. The maximum Gasteiger partial charge on any atom is 0.225 e. The first-order valence-corrected chi connectivity index (χ1v) is 10.1. The molecule has 4 aromatic heterocycles. The van der Waals surface area contributed by atoms with Gasteiger partial charge < -0.3 is 9.80 Å². The number of anilines is 2. The van der Waals surface area contributed by atoms with Crippen LogP contribution >= 0.6 is 0 Å². The molecule has 1 aliphatic heterocycles. The second-order valence-electron chi connectivity index (χ2n) is 7.47. The number of fused-ring (bicyclic) bond motifs is 1. The van der Waals surface area contributed by atoms with E-state index in [0.29, 0.717) is 0 Å². The second-order valence-corrected chi connectivity index (χ2v) is 7.47. The van der Waals surface area contributed by atoms with Gasteiger partial charge in [-0.05, 0) is 13.0 Å². The van der Waals surface area contributed by atoms with Crippen molar-refractivity contribution in [2.75, 3.05) is 36.0 Å². The fourth-order valence-corrected chi connectivity index (χ4v) is 3.88. The van der Waals surface area contributed by atoms with Gasteiger partial charge in [0.2, 0.25) is 5.95 Å². The smallest absolute Gasteiger partial charge is 0.225 e. The van der Waals surface area contributed by atoms with E-state index >= 15 is 0 Å². The molecular formula is C22H24N8. The first kappa shape index (κ1) is 18.4. The van der Waals surface area contributed by atoms with E-state index in [1.807, 2.05) is 66.3 Å². The highest BCUT2D eigenvalue weighted by Crippen LogP contribution is 2.26. The van der Waals surface area contributed by atoms with Gasteiger partial charge in [-0.3, -0.25) is 4.68 Å². The highest BCUT2D eigenvalue weighted by Gasteiger charge is 2.21. The van der Waals surface area contributed by atoms with Crippen LogP contribution in [0.4, 0.5) is 11.6 Å². The van der Waals surface area contributed by atoms with Gasteiger partial charge in [-0.2, -0.15) is 10.2 Å². The summed E-state index contributed by atoms with van der Waals surface area (Å²) in [4.78, 5) is 13.7. The summed E-state index contributed by atoms with van der Waals surface area (Å²) in [5.41, 5.74) is 5.50. The van der Waals surface area contributed by atoms with E-state index < -0.39 is 0 Å². The maximum atomic E-state index is 4.59. The van der Waals surface area contributed by atoms with Gasteiger partial charge in [0.15, 0.2) is 0 Å². The molecule has 1 aliphatic rings. The first-order valence-electron chi connectivity index (χ1n) is 10.1. The van der Waals surface area contributed by atoms with Gasteiger partial charge in [0.1, 0.15) is 0 Å². The average Bonchev–Trinajstić information content (AvgIpc) is 3.40. The van der Waals surface area contributed by atoms with Gasteiger partial charge in [-0.1, -0.05) is 18.2 Å². The average molecular weight is 400 g/mol. The van der Waals surface area contributed by atoms with E-state index in [2.05, 4.69) is 48.3 Å². The second kappa shape index (κ2) is 7.62. The zero-order chi connectivity index (χ0) is 20.5. The number of pyridine rings is 1. The standard InChI is InChI=1S/C22H24N8/c1-3-4-17-11-23-22(24-12-17)29-9-7-28(8-10-29)21-14-26-30-16-18(5-6-20(21)30)19-13-25-27(2)15-19/h3-6,11-16H,7-10H2,1-2H3. The summed E-state index contributed by atoms with van der Waals surface area (Å²) in [5.74, 6) is 0.795. The van der Waals surface area contributed by atoms with Gasteiger partial charge >= 0.3 is 0 Å². The Morgan fingerprint density at radius 3 is 2.30 bits per heavy atom. The molecule has 0 amide bonds. The fourth-order valence-electron chi connectivity index (χ4n) is 3.88. The Bertz CT molecular complexity index is 1180. The molecule has 0 bridgehead atoms. The Morgan fingerprint density at radius 2 is 1.60 bits per heavy atom. The lowest BCUT2D eigenvalue weighted by atomic mass is 10.1. The summed E-state index contributed by atoms with van der Waals surface area (Å²) < 4.78 is 3.76. The van der Waals surface area contributed by atoms with E-state index in [-0.39, 0.29) is 0 Å². The van der Waals surface area contributed by atoms with Crippen LogP contribution in [-0.4, -0.2) is 55.5 Å². The maximum absolute atomic E-state index is 4.59. The fraction of sp³-hybridized carbons (Fsp3) is 0.273. The Hall–Kier alpha value is -3.68. The normalized spacial score (nSPS) is 14.9. The number of aromatic nitrogens is 6. The van der Waals surface area contributed by atoms with E-state index in [4.69, 9.17) is 0 Å². The van der Waals surface area contributed by atoms with Crippen LogP contribution in [0.1, 0.15) is 12.5 Å². The topological polar surface area (TPSA) is 67.4 Å². The van der Waals surface area contributed by atoms with Gasteiger partial charge in [0.25, 0.3) is 0 Å². The van der Waals surface area contributed by atoms with Crippen LogP contribution in [0.15, 0.2) is 55.4 Å². The van der Waals surface area contributed by atoms with E-state index in [1.165, 1.54) is 0 Å². The van der Waals surface area contributed by atoms with Crippen molar-refractivity contribution in [1.29, 1.82) is 0 Å². The zero-order valence-electron chi connectivity index (χ0n) is 17.2. The molecule has 8 heteroatoms. The van der Waals surface area contributed by atoms with Gasteiger partial charge in [0.05, 0.1) is 23.6 Å². The number of nitrogens with zero attached hydrogens (tertiary/aromatic N) is 8. The Kier molecular flexibility index (Phi) is 4.66. The molecule has 0 spiro atoms. The molecular weight excluding hydrogens is 376 g/mol. The molecule has 0 atom stereocenters. The van der Waals surface area contributed by atoms with Crippen molar-refractivity contribution in [2.24, 2.45) is 7.05 Å².